The Morgan fingerprint density at radius 2 is 1.59 bits per heavy atom. The highest BCUT2D eigenvalue weighted by molar-refractivity contribution is 7.89. The summed E-state index contributed by atoms with van der Waals surface area (Å²) in [7, 11) is -3.53. The first-order valence-electron chi connectivity index (χ1n) is 10.4. The zero-order chi connectivity index (χ0) is 21.2. The van der Waals surface area contributed by atoms with E-state index in [1.165, 1.54) is 4.31 Å². The highest BCUT2D eigenvalue weighted by Gasteiger charge is 2.31. The third-order valence-electron chi connectivity index (χ3n) is 5.63. The zero-order valence-electron chi connectivity index (χ0n) is 17.9. The molecule has 2 aliphatic rings. The van der Waals surface area contributed by atoms with Gasteiger partial charge in [0.05, 0.1) is 23.6 Å². The first-order valence-corrected chi connectivity index (χ1v) is 11.9. The summed E-state index contributed by atoms with van der Waals surface area (Å²) in [5.74, 6) is 0.420. The van der Waals surface area contributed by atoms with E-state index in [1.807, 2.05) is 26.0 Å². The molecule has 3 rings (SSSR count). The van der Waals surface area contributed by atoms with Crippen molar-refractivity contribution in [3.63, 3.8) is 0 Å². The Balaban J connectivity index is 1.56. The standard InChI is InChI=1S/C21H33N3O4S/c1-16(2)19-5-7-20(8-6-19)29(26,27)24-11-9-23(10-12-24)21(25)15-22-13-17(3)28-18(4)14-22/h5-8,16-18H,9-15H2,1-4H3/t17-,18-/m1/s1. The van der Waals surface area contributed by atoms with E-state index in [1.54, 1.807) is 17.0 Å². The summed E-state index contributed by atoms with van der Waals surface area (Å²) in [6.07, 6.45) is 0.242. The van der Waals surface area contributed by atoms with Crippen LogP contribution in [0, 0.1) is 0 Å². The van der Waals surface area contributed by atoms with Crippen LogP contribution >= 0.6 is 0 Å². The maximum Gasteiger partial charge on any atom is 0.243 e. The monoisotopic (exact) mass is 423 g/mol. The lowest BCUT2D eigenvalue weighted by Gasteiger charge is -2.38. The van der Waals surface area contributed by atoms with E-state index in [9.17, 15) is 13.2 Å². The smallest absolute Gasteiger partial charge is 0.243 e. The predicted molar refractivity (Wildman–Crippen MR) is 112 cm³/mol. The van der Waals surface area contributed by atoms with Gasteiger partial charge < -0.3 is 9.64 Å². The highest BCUT2D eigenvalue weighted by Crippen LogP contribution is 2.21. The van der Waals surface area contributed by atoms with E-state index >= 15 is 0 Å². The molecule has 0 radical (unpaired) electrons. The Labute approximate surface area is 174 Å². The van der Waals surface area contributed by atoms with Crippen molar-refractivity contribution in [2.24, 2.45) is 0 Å². The molecule has 162 valence electrons. The minimum absolute atomic E-state index is 0.0598. The lowest BCUT2D eigenvalue weighted by atomic mass is 10.0. The minimum Gasteiger partial charge on any atom is -0.373 e. The van der Waals surface area contributed by atoms with Crippen LogP contribution in [0.2, 0.25) is 0 Å². The van der Waals surface area contributed by atoms with Crippen molar-refractivity contribution in [2.75, 3.05) is 45.8 Å². The summed E-state index contributed by atoms with van der Waals surface area (Å²) in [6.45, 7) is 11.6. The Morgan fingerprint density at radius 1 is 1.03 bits per heavy atom. The van der Waals surface area contributed by atoms with Crippen LogP contribution in [-0.4, -0.2) is 86.5 Å². The SMILES string of the molecule is CC(C)c1ccc(S(=O)(=O)N2CCN(C(=O)CN3C[C@@H](C)O[C@H](C)C3)CC2)cc1. The lowest BCUT2D eigenvalue weighted by molar-refractivity contribution is -0.137. The number of carbonyl (C=O) groups excluding carboxylic acids is 1. The van der Waals surface area contributed by atoms with E-state index in [2.05, 4.69) is 18.7 Å². The van der Waals surface area contributed by atoms with Gasteiger partial charge in [0.25, 0.3) is 0 Å². The Bertz CT molecular complexity index is 792. The van der Waals surface area contributed by atoms with Crippen LogP contribution < -0.4 is 0 Å². The van der Waals surface area contributed by atoms with Gasteiger partial charge in [0.15, 0.2) is 0 Å². The molecule has 1 aromatic carbocycles. The van der Waals surface area contributed by atoms with E-state index in [-0.39, 0.29) is 18.1 Å². The molecule has 7 nitrogen and oxygen atoms in total. The molecule has 0 aliphatic carbocycles. The largest absolute Gasteiger partial charge is 0.373 e. The van der Waals surface area contributed by atoms with Crippen molar-refractivity contribution in [1.82, 2.24) is 14.1 Å². The predicted octanol–water partition coefficient (Wildman–Crippen LogP) is 1.75. The van der Waals surface area contributed by atoms with Gasteiger partial charge in [-0.2, -0.15) is 4.31 Å². The molecular formula is C21H33N3O4S. The van der Waals surface area contributed by atoms with Crippen LogP contribution in [0.5, 0.6) is 0 Å². The maximum atomic E-state index is 12.9. The molecule has 0 unspecified atom stereocenters. The van der Waals surface area contributed by atoms with Crippen LogP contribution in [0.3, 0.4) is 0 Å². The fourth-order valence-corrected chi connectivity index (χ4v) is 5.48. The summed E-state index contributed by atoms with van der Waals surface area (Å²) >= 11 is 0. The molecule has 2 heterocycles. The van der Waals surface area contributed by atoms with Gasteiger partial charge in [-0.3, -0.25) is 9.69 Å². The molecule has 2 aliphatic heterocycles. The highest BCUT2D eigenvalue weighted by atomic mass is 32.2. The molecule has 2 saturated heterocycles. The van der Waals surface area contributed by atoms with Crippen LogP contribution in [-0.2, 0) is 19.6 Å². The molecule has 0 bridgehead atoms. The molecule has 1 amide bonds. The fraction of sp³-hybridized carbons (Fsp3) is 0.667. The number of sulfonamides is 1. The van der Waals surface area contributed by atoms with Crippen molar-refractivity contribution < 1.29 is 17.9 Å². The van der Waals surface area contributed by atoms with Gasteiger partial charge in [-0.25, -0.2) is 8.42 Å². The second-order valence-electron chi connectivity index (χ2n) is 8.46. The average Bonchev–Trinajstić information content (AvgIpc) is 2.67. The Morgan fingerprint density at radius 3 is 2.10 bits per heavy atom. The topological polar surface area (TPSA) is 70.2 Å². The van der Waals surface area contributed by atoms with E-state index < -0.39 is 10.0 Å². The van der Waals surface area contributed by atoms with E-state index in [0.717, 1.165) is 18.7 Å². The van der Waals surface area contributed by atoms with Gasteiger partial charge in [-0.15, -0.1) is 0 Å². The number of benzene rings is 1. The van der Waals surface area contributed by atoms with Crippen LogP contribution in [0.15, 0.2) is 29.2 Å². The number of amides is 1. The third-order valence-corrected chi connectivity index (χ3v) is 7.54. The first-order chi connectivity index (χ1) is 13.7. The number of hydrogen-bond donors (Lipinski definition) is 0. The molecule has 0 aromatic heterocycles. The number of rotatable bonds is 5. The van der Waals surface area contributed by atoms with Gasteiger partial charge in [-0.05, 0) is 37.5 Å². The number of morpholine rings is 1. The number of nitrogens with zero attached hydrogens (tertiary/aromatic N) is 3. The average molecular weight is 424 g/mol. The zero-order valence-corrected chi connectivity index (χ0v) is 18.7. The second-order valence-corrected chi connectivity index (χ2v) is 10.4. The lowest BCUT2D eigenvalue weighted by Crippen LogP contribution is -2.54. The number of carbonyl (C=O) groups is 1. The maximum absolute atomic E-state index is 12.9. The molecule has 0 saturated carbocycles. The Hall–Kier alpha value is -1.48. The van der Waals surface area contributed by atoms with Gasteiger partial charge in [0.2, 0.25) is 15.9 Å². The van der Waals surface area contributed by atoms with Crippen LogP contribution in [0.1, 0.15) is 39.2 Å². The molecule has 1 aromatic rings. The summed E-state index contributed by atoms with van der Waals surface area (Å²) in [4.78, 5) is 16.9. The van der Waals surface area contributed by atoms with Crippen LogP contribution in [0.25, 0.3) is 0 Å². The van der Waals surface area contributed by atoms with Gasteiger partial charge in [0, 0.05) is 39.3 Å². The molecule has 8 heteroatoms. The summed E-state index contributed by atoms with van der Waals surface area (Å²) in [6, 6.07) is 7.12. The normalized spacial score (nSPS) is 24.8. The van der Waals surface area contributed by atoms with E-state index in [0.29, 0.717) is 43.5 Å². The molecule has 2 fully saturated rings. The number of piperazine rings is 1. The van der Waals surface area contributed by atoms with Gasteiger partial charge in [0.1, 0.15) is 0 Å². The Kier molecular flexibility index (Phi) is 6.98. The van der Waals surface area contributed by atoms with Gasteiger partial charge >= 0.3 is 0 Å². The summed E-state index contributed by atoms with van der Waals surface area (Å²) in [5.41, 5.74) is 1.12. The minimum atomic E-state index is -3.53. The van der Waals surface area contributed by atoms with Gasteiger partial charge in [-0.1, -0.05) is 26.0 Å². The van der Waals surface area contributed by atoms with Crippen molar-refractivity contribution >= 4 is 15.9 Å². The second kappa shape index (κ2) is 9.12. The van der Waals surface area contributed by atoms with E-state index in [4.69, 9.17) is 4.74 Å². The molecular weight excluding hydrogens is 390 g/mol. The van der Waals surface area contributed by atoms with Crippen molar-refractivity contribution in [3.8, 4) is 0 Å². The quantitative estimate of drug-likeness (QED) is 0.722. The third kappa shape index (κ3) is 5.36. The first kappa shape index (κ1) is 22.2. The molecule has 29 heavy (non-hydrogen) atoms. The van der Waals surface area contributed by atoms with Crippen molar-refractivity contribution in [2.45, 2.75) is 50.7 Å². The van der Waals surface area contributed by atoms with Crippen LogP contribution in [0.4, 0.5) is 0 Å². The number of ether oxygens (including phenoxy) is 1. The van der Waals surface area contributed by atoms with Crippen molar-refractivity contribution in [1.29, 1.82) is 0 Å². The molecule has 0 spiro atoms. The van der Waals surface area contributed by atoms with Crippen molar-refractivity contribution in [3.05, 3.63) is 29.8 Å². The molecule has 2 atom stereocenters. The summed E-state index contributed by atoms with van der Waals surface area (Å²) < 4.78 is 33.1. The summed E-state index contributed by atoms with van der Waals surface area (Å²) in [5, 5.41) is 0. The number of hydrogen-bond acceptors (Lipinski definition) is 5. The fourth-order valence-electron chi connectivity index (χ4n) is 4.06. The molecule has 0 N–H and O–H groups in total.